The van der Waals surface area contributed by atoms with Crippen molar-refractivity contribution in [2.24, 2.45) is 0 Å². The molecule has 0 saturated heterocycles. The first kappa shape index (κ1) is 14.6. The molecule has 1 heterocycles. The molecule has 0 spiro atoms. The van der Waals surface area contributed by atoms with E-state index in [4.69, 9.17) is 4.74 Å². The van der Waals surface area contributed by atoms with Crippen LogP contribution in [0.1, 0.15) is 16.3 Å². The smallest absolute Gasteiger partial charge is 0.172 e. The molecule has 0 atom stereocenters. The highest BCUT2D eigenvalue weighted by Crippen LogP contribution is 2.38. The Morgan fingerprint density at radius 3 is 2.85 bits per heavy atom. The molecule has 2 aromatic rings. The summed E-state index contributed by atoms with van der Waals surface area (Å²) in [5, 5.41) is 21.7. The standard InChI is InChI=1S/C14H11BrN2O2S/c1-8-7-20-14(17-8)10(6-16)5-9-3-4-11(19-2)13(18)12(9)15/h3-5,7,18H,1-2H3/b10-5-. The van der Waals surface area contributed by atoms with E-state index in [-0.39, 0.29) is 5.75 Å². The van der Waals surface area contributed by atoms with E-state index in [1.54, 1.807) is 18.2 Å². The molecule has 20 heavy (non-hydrogen) atoms. The van der Waals surface area contributed by atoms with Crippen molar-refractivity contribution in [3.8, 4) is 17.6 Å². The number of nitriles is 1. The zero-order valence-electron chi connectivity index (χ0n) is 10.8. The number of hydrogen-bond acceptors (Lipinski definition) is 5. The molecule has 1 aromatic carbocycles. The zero-order valence-corrected chi connectivity index (χ0v) is 13.2. The highest BCUT2D eigenvalue weighted by Gasteiger charge is 2.12. The number of aromatic nitrogens is 1. The normalized spacial score (nSPS) is 11.2. The minimum atomic E-state index is 0.00820. The number of aryl methyl sites for hydroxylation is 1. The summed E-state index contributed by atoms with van der Waals surface area (Å²) < 4.78 is 5.51. The largest absolute Gasteiger partial charge is 0.503 e. The molecule has 0 saturated carbocycles. The first-order valence-electron chi connectivity index (χ1n) is 5.66. The summed E-state index contributed by atoms with van der Waals surface area (Å²) in [6, 6.07) is 5.54. The summed E-state index contributed by atoms with van der Waals surface area (Å²) in [5.41, 5.74) is 2.02. The van der Waals surface area contributed by atoms with Crippen LogP contribution in [0.3, 0.4) is 0 Å². The van der Waals surface area contributed by atoms with E-state index >= 15 is 0 Å². The third-order valence-electron chi connectivity index (χ3n) is 2.60. The zero-order chi connectivity index (χ0) is 14.7. The Morgan fingerprint density at radius 1 is 1.55 bits per heavy atom. The minimum absolute atomic E-state index is 0.00820. The molecule has 0 amide bonds. The number of methoxy groups -OCH3 is 1. The van der Waals surface area contributed by atoms with Crippen molar-refractivity contribution in [2.45, 2.75) is 6.92 Å². The van der Waals surface area contributed by atoms with Crippen molar-refractivity contribution in [2.75, 3.05) is 7.11 Å². The van der Waals surface area contributed by atoms with Crippen molar-refractivity contribution in [3.63, 3.8) is 0 Å². The van der Waals surface area contributed by atoms with Gasteiger partial charge in [0.15, 0.2) is 11.5 Å². The Balaban J connectivity index is 2.49. The number of rotatable bonds is 3. The van der Waals surface area contributed by atoms with Gasteiger partial charge in [-0.1, -0.05) is 0 Å². The predicted molar refractivity (Wildman–Crippen MR) is 82.7 cm³/mol. The fraction of sp³-hybridized carbons (Fsp3) is 0.143. The van der Waals surface area contributed by atoms with Crippen LogP contribution in [0.4, 0.5) is 0 Å². The fourth-order valence-electron chi connectivity index (χ4n) is 1.61. The van der Waals surface area contributed by atoms with Crippen LogP contribution < -0.4 is 4.74 Å². The number of phenolic OH excluding ortho intramolecular Hbond substituents is 1. The third kappa shape index (κ3) is 2.84. The lowest BCUT2D eigenvalue weighted by molar-refractivity contribution is 0.372. The van der Waals surface area contributed by atoms with Crippen molar-refractivity contribution >= 4 is 38.9 Å². The molecule has 4 nitrogen and oxygen atoms in total. The number of halogens is 1. The number of allylic oxidation sites excluding steroid dienone is 1. The van der Waals surface area contributed by atoms with E-state index in [0.717, 1.165) is 5.69 Å². The van der Waals surface area contributed by atoms with E-state index in [0.29, 0.717) is 26.4 Å². The van der Waals surface area contributed by atoms with Gasteiger partial charge in [0.25, 0.3) is 0 Å². The molecule has 0 aliphatic rings. The van der Waals surface area contributed by atoms with Gasteiger partial charge in [0, 0.05) is 11.1 Å². The molecular formula is C14H11BrN2O2S. The Bertz CT molecular complexity index is 716. The van der Waals surface area contributed by atoms with Crippen LogP contribution in [0.5, 0.6) is 11.5 Å². The van der Waals surface area contributed by atoms with Gasteiger partial charge in [-0.05, 0) is 46.6 Å². The highest BCUT2D eigenvalue weighted by molar-refractivity contribution is 9.10. The maximum atomic E-state index is 9.94. The first-order valence-corrected chi connectivity index (χ1v) is 7.33. The summed E-state index contributed by atoms with van der Waals surface area (Å²) in [4.78, 5) is 4.29. The second kappa shape index (κ2) is 6.07. The molecule has 0 aliphatic carbocycles. The lowest BCUT2D eigenvalue weighted by atomic mass is 10.1. The molecule has 6 heteroatoms. The first-order chi connectivity index (χ1) is 9.56. The lowest BCUT2D eigenvalue weighted by Gasteiger charge is -2.07. The second-order valence-electron chi connectivity index (χ2n) is 3.98. The number of benzene rings is 1. The summed E-state index contributed by atoms with van der Waals surface area (Å²) in [6.45, 7) is 1.88. The van der Waals surface area contributed by atoms with Gasteiger partial charge in [-0.25, -0.2) is 4.98 Å². The molecule has 1 N–H and O–H groups in total. The van der Waals surface area contributed by atoms with Crippen LogP contribution in [0, 0.1) is 18.3 Å². The lowest BCUT2D eigenvalue weighted by Crippen LogP contribution is -1.87. The van der Waals surface area contributed by atoms with Crippen LogP contribution in [0.2, 0.25) is 0 Å². The average molecular weight is 351 g/mol. The molecular weight excluding hydrogens is 340 g/mol. The SMILES string of the molecule is COc1ccc(/C=C(/C#N)c2nc(C)cs2)c(Br)c1O. The van der Waals surface area contributed by atoms with Crippen molar-refractivity contribution < 1.29 is 9.84 Å². The van der Waals surface area contributed by atoms with Gasteiger partial charge in [0.05, 0.1) is 17.2 Å². The average Bonchev–Trinajstić information content (AvgIpc) is 2.87. The maximum absolute atomic E-state index is 9.94. The number of nitrogens with zero attached hydrogens (tertiary/aromatic N) is 2. The molecule has 2 rings (SSSR count). The summed E-state index contributed by atoms with van der Waals surface area (Å²) >= 11 is 4.72. The molecule has 1 aromatic heterocycles. The molecule has 0 unspecified atom stereocenters. The van der Waals surface area contributed by atoms with Gasteiger partial charge in [0.2, 0.25) is 0 Å². The van der Waals surface area contributed by atoms with Gasteiger partial charge in [-0.3, -0.25) is 0 Å². The molecule has 0 fully saturated rings. The van der Waals surface area contributed by atoms with E-state index in [2.05, 4.69) is 27.0 Å². The van der Waals surface area contributed by atoms with Gasteiger partial charge in [0.1, 0.15) is 11.1 Å². The van der Waals surface area contributed by atoms with Crippen molar-refractivity contribution in [1.29, 1.82) is 5.26 Å². The van der Waals surface area contributed by atoms with Gasteiger partial charge in [-0.2, -0.15) is 5.26 Å². The van der Waals surface area contributed by atoms with Crippen molar-refractivity contribution in [1.82, 2.24) is 4.98 Å². The molecule has 0 aliphatic heterocycles. The minimum Gasteiger partial charge on any atom is -0.503 e. The molecule has 102 valence electrons. The van der Waals surface area contributed by atoms with Crippen LogP contribution in [-0.2, 0) is 0 Å². The van der Waals surface area contributed by atoms with Crippen LogP contribution in [-0.4, -0.2) is 17.2 Å². The summed E-state index contributed by atoms with van der Waals surface area (Å²) in [5.74, 6) is 0.381. The maximum Gasteiger partial charge on any atom is 0.172 e. The Kier molecular flexibility index (Phi) is 4.42. The number of ether oxygens (including phenoxy) is 1. The van der Waals surface area contributed by atoms with Gasteiger partial charge in [-0.15, -0.1) is 11.3 Å². The van der Waals surface area contributed by atoms with Crippen LogP contribution in [0.15, 0.2) is 22.0 Å². The highest BCUT2D eigenvalue weighted by atomic mass is 79.9. The van der Waals surface area contributed by atoms with E-state index in [1.165, 1.54) is 18.4 Å². The van der Waals surface area contributed by atoms with Crippen molar-refractivity contribution in [3.05, 3.63) is 38.3 Å². The molecule has 0 radical (unpaired) electrons. The number of phenols is 1. The topological polar surface area (TPSA) is 66.1 Å². The Hall–Kier alpha value is -1.84. The number of hydrogen-bond donors (Lipinski definition) is 1. The second-order valence-corrected chi connectivity index (χ2v) is 5.63. The molecule has 0 bridgehead atoms. The van der Waals surface area contributed by atoms with Crippen LogP contribution in [0.25, 0.3) is 11.6 Å². The fourth-order valence-corrected chi connectivity index (χ4v) is 2.82. The van der Waals surface area contributed by atoms with Crippen LogP contribution >= 0.6 is 27.3 Å². The Morgan fingerprint density at radius 2 is 2.30 bits per heavy atom. The number of aromatic hydroxyl groups is 1. The number of thiazole rings is 1. The third-order valence-corrected chi connectivity index (χ3v) is 4.43. The quantitative estimate of drug-likeness (QED) is 0.849. The summed E-state index contributed by atoms with van der Waals surface area (Å²) in [6.07, 6.45) is 1.68. The van der Waals surface area contributed by atoms with Gasteiger partial charge < -0.3 is 9.84 Å². The summed E-state index contributed by atoms with van der Waals surface area (Å²) in [7, 11) is 1.48. The monoisotopic (exact) mass is 350 g/mol. The predicted octanol–water partition coefficient (Wildman–Crippen LogP) is 3.99. The van der Waals surface area contributed by atoms with E-state index in [1.807, 2.05) is 12.3 Å². The van der Waals surface area contributed by atoms with E-state index < -0.39 is 0 Å². The van der Waals surface area contributed by atoms with E-state index in [9.17, 15) is 10.4 Å². The Labute approximate surface area is 129 Å². The van der Waals surface area contributed by atoms with Gasteiger partial charge >= 0.3 is 0 Å².